The van der Waals surface area contributed by atoms with E-state index in [1.165, 1.54) is 0 Å². The Kier molecular flexibility index (Phi) is 3.19. The minimum atomic E-state index is -0.609. The second-order valence-corrected chi connectivity index (χ2v) is 9.02. The van der Waals surface area contributed by atoms with E-state index in [0.717, 1.165) is 31.6 Å². The van der Waals surface area contributed by atoms with Gasteiger partial charge in [0.15, 0.2) is 5.76 Å². The number of carbonyl (C=O) groups excluding carboxylic acids is 1. The predicted molar refractivity (Wildman–Crippen MR) is 99.6 cm³/mol. The highest BCUT2D eigenvalue weighted by Gasteiger charge is 2.83. The molecule has 6 nitrogen and oxygen atoms in total. The van der Waals surface area contributed by atoms with Crippen LogP contribution in [-0.4, -0.2) is 48.0 Å². The highest BCUT2D eigenvalue weighted by Crippen LogP contribution is 2.72. The first-order chi connectivity index (χ1) is 13.5. The fourth-order valence-corrected chi connectivity index (χ4v) is 7.22. The summed E-state index contributed by atoms with van der Waals surface area (Å²) in [6.07, 6.45) is 8.04. The third-order valence-corrected chi connectivity index (χ3v) is 8.10. The highest BCUT2D eigenvalue weighted by atomic mass is 16.7. The van der Waals surface area contributed by atoms with Gasteiger partial charge in [-0.25, -0.2) is 4.79 Å². The van der Waals surface area contributed by atoms with Gasteiger partial charge in [0.2, 0.25) is 11.5 Å². The van der Waals surface area contributed by atoms with E-state index in [1.807, 2.05) is 0 Å². The van der Waals surface area contributed by atoms with Gasteiger partial charge in [0.1, 0.15) is 5.76 Å². The van der Waals surface area contributed by atoms with Crippen LogP contribution in [0.1, 0.15) is 40.0 Å². The molecule has 5 fully saturated rings. The number of hydrogen-bond donors (Lipinski definition) is 0. The van der Waals surface area contributed by atoms with Crippen molar-refractivity contribution >= 4 is 5.97 Å². The normalized spacial score (nSPS) is 52.8. The molecule has 0 radical (unpaired) electrons. The summed E-state index contributed by atoms with van der Waals surface area (Å²) in [7, 11) is 1.57. The standard InChI is InChI=1S/C22H27NO5/c1-5-6-8-21-14-7-9-23(21)13-10-15(21)27-22(14)16(13)11(2)18(28-22)19-17(25-4)12(3)20(24)26-19/h6,8,11,13-16H,5,7,9-10H2,1-4H3/b8-6+,19-18-/t11-,13-,14+,15+,16+,21-,22+/m0/s1. The summed E-state index contributed by atoms with van der Waals surface area (Å²) in [5.74, 6) is 1.38. The summed E-state index contributed by atoms with van der Waals surface area (Å²) in [5, 5.41) is 0. The molecule has 5 saturated heterocycles. The molecule has 0 aliphatic carbocycles. The number of carbonyl (C=O) groups is 1. The van der Waals surface area contributed by atoms with Gasteiger partial charge < -0.3 is 18.9 Å². The Morgan fingerprint density at radius 3 is 2.96 bits per heavy atom. The average Bonchev–Trinajstić information content (AvgIpc) is 3.38. The molecule has 150 valence electrons. The number of hydrogen-bond acceptors (Lipinski definition) is 6. The fraction of sp³-hybridized carbons (Fsp3) is 0.682. The van der Waals surface area contributed by atoms with E-state index in [4.69, 9.17) is 18.9 Å². The molecule has 6 aliphatic rings. The zero-order valence-corrected chi connectivity index (χ0v) is 16.9. The van der Waals surface area contributed by atoms with Crippen LogP contribution in [-0.2, 0) is 23.7 Å². The number of piperidine rings is 1. The number of methoxy groups -OCH3 is 1. The molecule has 1 unspecified atom stereocenters. The van der Waals surface area contributed by atoms with Crippen LogP contribution in [0, 0.1) is 17.8 Å². The number of fused-ring (bicyclic) bond motifs is 1. The molecule has 1 spiro atoms. The van der Waals surface area contributed by atoms with E-state index >= 15 is 0 Å². The summed E-state index contributed by atoms with van der Waals surface area (Å²) in [5.41, 5.74) is 0.467. The molecule has 6 heterocycles. The maximum atomic E-state index is 12.2. The van der Waals surface area contributed by atoms with Crippen LogP contribution in [0.25, 0.3) is 0 Å². The number of nitrogens with zero attached hydrogens (tertiary/aromatic N) is 1. The predicted octanol–water partition coefficient (Wildman–Crippen LogP) is 2.87. The summed E-state index contributed by atoms with van der Waals surface area (Å²) in [6.45, 7) is 7.21. The average molecular weight is 385 g/mol. The molecule has 0 N–H and O–H groups in total. The van der Waals surface area contributed by atoms with E-state index in [-0.39, 0.29) is 29.4 Å². The van der Waals surface area contributed by atoms with Crippen LogP contribution >= 0.6 is 0 Å². The minimum absolute atomic E-state index is 0.0286. The first kappa shape index (κ1) is 17.1. The van der Waals surface area contributed by atoms with E-state index in [0.29, 0.717) is 29.1 Å². The lowest BCUT2D eigenvalue weighted by atomic mass is 9.71. The molecule has 0 aromatic rings. The van der Waals surface area contributed by atoms with Crippen LogP contribution in [0.3, 0.4) is 0 Å². The lowest BCUT2D eigenvalue weighted by Gasteiger charge is -2.47. The van der Waals surface area contributed by atoms with Crippen LogP contribution in [0.4, 0.5) is 0 Å². The minimum Gasteiger partial charge on any atom is -0.492 e. The SMILES string of the molecule is CC/C=C/[C@@]12[C@H]3C[C@H]4[C@H]5[C@H](C)/C(=C6/OC(=O)C(C)=C6OC)O[C@]5(O3)[C@@H]1CCN42. The smallest absolute Gasteiger partial charge is 0.343 e. The number of rotatable bonds is 3. The van der Waals surface area contributed by atoms with Gasteiger partial charge in [-0.15, -0.1) is 0 Å². The van der Waals surface area contributed by atoms with Gasteiger partial charge in [0.25, 0.3) is 0 Å². The van der Waals surface area contributed by atoms with Crippen molar-refractivity contribution in [3.05, 3.63) is 35.0 Å². The molecule has 28 heavy (non-hydrogen) atoms. The Morgan fingerprint density at radius 2 is 2.21 bits per heavy atom. The highest BCUT2D eigenvalue weighted by molar-refractivity contribution is 5.93. The molecular weight excluding hydrogens is 358 g/mol. The van der Waals surface area contributed by atoms with E-state index < -0.39 is 5.79 Å². The third-order valence-electron chi connectivity index (χ3n) is 8.10. The van der Waals surface area contributed by atoms with Crippen molar-refractivity contribution in [2.24, 2.45) is 17.8 Å². The van der Waals surface area contributed by atoms with Crippen LogP contribution < -0.4 is 0 Å². The second-order valence-electron chi connectivity index (χ2n) is 9.02. The summed E-state index contributed by atoms with van der Waals surface area (Å²) < 4.78 is 24.5. The van der Waals surface area contributed by atoms with Crippen molar-refractivity contribution in [1.29, 1.82) is 0 Å². The molecule has 0 saturated carbocycles. The molecule has 5 bridgehead atoms. The lowest BCUT2D eigenvalue weighted by Crippen LogP contribution is -2.60. The summed E-state index contributed by atoms with van der Waals surface area (Å²) in [4.78, 5) is 14.9. The zero-order valence-electron chi connectivity index (χ0n) is 16.9. The third kappa shape index (κ3) is 1.60. The number of allylic oxidation sites excluding steroid dienone is 2. The Bertz CT molecular complexity index is 874. The first-order valence-electron chi connectivity index (χ1n) is 10.5. The van der Waals surface area contributed by atoms with Crippen LogP contribution in [0.15, 0.2) is 35.0 Å². The molecular formula is C22H27NO5. The van der Waals surface area contributed by atoms with E-state index in [1.54, 1.807) is 14.0 Å². The Labute approximate surface area is 165 Å². The van der Waals surface area contributed by atoms with Gasteiger partial charge in [-0.3, -0.25) is 4.90 Å². The molecule has 6 rings (SSSR count). The maximum absolute atomic E-state index is 12.2. The van der Waals surface area contributed by atoms with E-state index in [2.05, 4.69) is 30.9 Å². The van der Waals surface area contributed by atoms with Gasteiger partial charge >= 0.3 is 5.97 Å². The summed E-state index contributed by atoms with van der Waals surface area (Å²) in [6, 6.07) is 0.445. The van der Waals surface area contributed by atoms with Crippen molar-refractivity contribution in [1.82, 2.24) is 4.90 Å². The van der Waals surface area contributed by atoms with E-state index in [9.17, 15) is 4.79 Å². The van der Waals surface area contributed by atoms with Crippen LogP contribution in [0.5, 0.6) is 0 Å². The molecule has 0 aromatic carbocycles. The number of ether oxygens (including phenoxy) is 4. The lowest BCUT2D eigenvalue weighted by molar-refractivity contribution is -0.255. The molecule has 6 aliphatic heterocycles. The Hall–Kier alpha value is -1.79. The second kappa shape index (κ2) is 5.22. The van der Waals surface area contributed by atoms with Crippen molar-refractivity contribution in [2.75, 3.05) is 13.7 Å². The molecule has 0 amide bonds. The number of cyclic esters (lactones) is 1. The van der Waals surface area contributed by atoms with Crippen molar-refractivity contribution in [2.45, 2.75) is 63.5 Å². The topological polar surface area (TPSA) is 57.2 Å². The summed E-state index contributed by atoms with van der Waals surface area (Å²) >= 11 is 0. The van der Waals surface area contributed by atoms with Crippen molar-refractivity contribution in [3.63, 3.8) is 0 Å². The molecule has 6 heteroatoms. The first-order valence-corrected chi connectivity index (χ1v) is 10.5. The monoisotopic (exact) mass is 385 g/mol. The van der Waals surface area contributed by atoms with Gasteiger partial charge in [-0.2, -0.15) is 0 Å². The maximum Gasteiger partial charge on any atom is 0.343 e. The van der Waals surface area contributed by atoms with Gasteiger partial charge in [0.05, 0.1) is 36.2 Å². The molecule has 0 aromatic heterocycles. The van der Waals surface area contributed by atoms with Crippen molar-refractivity contribution in [3.8, 4) is 0 Å². The zero-order chi connectivity index (χ0) is 19.4. The number of esters is 1. The largest absolute Gasteiger partial charge is 0.492 e. The molecule has 8 atom stereocenters. The quantitative estimate of drug-likeness (QED) is 0.550. The Balaban J connectivity index is 1.49. The van der Waals surface area contributed by atoms with Gasteiger partial charge in [0, 0.05) is 18.5 Å². The van der Waals surface area contributed by atoms with Gasteiger partial charge in [-0.1, -0.05) is 26.0 Å². The van der Waals surface area contributed by atoms with Crippen molar-refractivity contribution < 1.29 is 23.7 Å². The fourth-order valence-electron chi connectivity index (χ4n) is 7.22. The van der Waals surface area contributed by atoms with Gasteiger partial charge in [-0.05, 0) is 26.2 Å². The van der Waals surface area contributed by atoms with Crippen LogP contribution in [0.2, 0.25) is 0 Å². The Morgan fingerprint density at radius 1 is 1.39 bits per heavy atom.